The zero-order valence-corrected chi connectivity index (χ0v) is 27.5. The normalized spacial score (nSPS) is 11.4. The van der Waals surface area contributed by atoms with Gasteiger partial charge in [0.2, 0.25) is 0 Å². The molecule has 3 heteroatoms. The first-order valence-electron chi connectivity index (χ1n) is 17.0. The fourth-order valence-corrected chi connectivity index (χ4v) is 7.27. The second-order valence-electron chi connectivity index (χ2n) is 12.7. The molecule has 9 rings (SSSR count). The van der Waals surface area contributed by atoms with E-state index in [4.69, 9.17) is 10.5 Å². The molecule has 0 bridgehead atoms. The van der Waals surface area contributed by atoms with Crippen molar-refractivity contribution in [1.29, 1.82) is 0 Å². The molecule has 0 saturated heterocycles. The summed E-state index contributed by atoms with van der Waals surface area (Å²) in [5.41, 5.74) is 14.0. The summed E-state index contributed by atoms with van der Waals surface area (Å²) in [7, 11) is 0. The van der Waals surface area contributed by atoms with Gasteiger partial charge >= 0.3 is 0 Å². The van der Waals surface area contributed by atoms with Crippen LogP contribution in [0.5, 0.6) is 5.75 Å². The summed E-state index contributed by atoms with van der Waals surface area (Å²) in [5.74, 6) is 0.715. The van der Waals surface area contributed by atoms with Gasteiger partial charge in [-0.2, -0.15) is 0 Å². The summed E-state index contributed by atoms with van der Waals surface area (Å²) >= 11 is 0. The van der Waals surface area contributed by atoms with Gasteiger partial charge in [0.15, 0.2) is 5.75 Å². The number of para-hydroxylation sites is 1. The largest absolute Gasteiger partial charge is 0.486 e. The molecule has 0 fully saturated rings. The van der Waals surface area contributed by atoms with Gasteiger partial charge in [-0.25, -0.2) is 0 Å². The van der Waals surface area contributed by atoms with Crippen molar-refractivity contribution in [3.05, 3.63) is 188 Å². The Kier molecular flexibility index (Phi) is 7.37. The second-order valence-corrected chi connectivity index (χ2v) is 12.7. The van der Waals surface area contributed by atoms with Gasteiger partial charge in [0, 0.05) is 22.4 Å². The molecule has 9 aromatic carbocycles. The Bertz CT molecular complexity index is 2600. The van der Waals surface area contributed by atoms with E-state index in [1.807, 2.05) is 24.3 Å². The van der Waals surface area contributed by atoms with E-state index in [-0.39, 0.29) is 0 Å². The van der Waals surface area contributed by atoms with E-state index in [2.05, 4.69) is 163 Å². The highest BCUT2D eigenvalue weighted by Crippen LogP contribution is 2.43. The van der Waals surface area contributed by atoms with Crippen LogP contribution in [-0.2, 0) is 6.61 Å². The van der Waals surface area contributed by atoms with Gasteiger partial charge in [-0.3, -0.25) is 0 Å². The monoisotopic (exact) mass is 642 g/mol. The molecule has 0 heterocycles. The number of benzene rings is 9. The number of anilines is 4. The van der Waals surface area contributed by atoms with Gasteiger partial charge in [-0.05, 0) is 103 Å². The Morgan fingerprint density at radius 1 is 0.440 bits per heavy atom. The van der Waals surface area contributed by atoms with E-state index in [1.54, 1.807) is 0 Å². The standard InChI is InChI=1S/C47H34N2O/c48-44-28-24-35-20-19-33-21-27-40(30-43(33)46(35)47(44)50-31-32-11-3-1-4-12-32)49(38-15-5-2-6-16-38)39-25-22-34(23-26-39)45-41-17-9-7-13-36(41)29-37-14-8-10-18-42(37)45/h1-30H,31,48H2. The topological polar surface area (TPSA) is 38.5 Å². The molecule has 238 valence electrons. The summed E-state index contributed by atoms with van der Waals surface area (Å²) < 4.78 is 6.49. The number of hydrogen-bond acceptors (Lipinski definition) is 3. The Morgan fingerprint density at radius 2 is 1.00 bits per heavy atom. The lowest BCUT2D eigenvalue weighted by Gasteiger charge is -2.26. The summed E-state index contributed by atoms with van der Waals surface area (Å²) in [4.78, 5) is 2.32. The maximum Gasteiger partial charge on any atom is 0.151 e. The maximum absolute atomic E-state index is 6.62. The van der Waals surface area contributed by atoms with Crippen molar-refractivity contribution < 1.29 is 4.74 Å². The Morgan fingerprint density at radius 3 is 1.72 bits per heavy atom. The van der Waals surface area contributed by atoms with Crippen molar-refractivity contribution in [1.82, 2.24) is 0 Å². The number of nitrogens with zero attached hydrogens (tertiary/aromatic N) is 1. The van der Waals surface area contributed by atoms with Crippen LogP contribution in [0, 0.1) is 0 Å². The molecule has 0 spiro atoms. The van der Waals surface area contributed by atoms with Gasteiger partial charge in [0.1, 0.15) is 6.61 Å². The quantitative estimate of drug-likeness (QED) is 0.107. The molecule has 0 aliphatic heterocycles. The highest BCUT2D eigenvalue weighted by atomic mass is 16.5. The molecule has 0 saturated carbocycles. The van der Waals surface area contributed by atoms with Crippen molar-refractivity contribution in [2.75, 3.05) is 10.6 Å². The van der Waals surface area contributed by atoms with E-state index < -0.39 is 0 Å². The summed E-state index contributed by atoms with van der Waals surface area (Å²) in [6.45, 7) is 0.439. The molecule has 0 aliphatic rings. The first kappa shape index (κ1) is 29.6. The molecule has 0 atom stereocenters. The molecule has 50 heavy (non-hydrogen) atoms. The molecule has 0 radical (unpaired) electrons. The van der Waals surface area contributed by atoms with Crippen molar-refractivity contribution in [2.24, 2.45) is 0 Å². The van der Waals surface area contributed by atoms with Crippen LogP contribution in [0.2, 0.25) is 0 Å². The van der Waals surface area contributed by atoms with Crippen LogP contribution in [-0.4, -0.2) is 0 Å². The fraction of sp³-hybridized carbons (Fsp3) is 0.0213. The van der Waals surface area contributed by atoms with E-state index in [0.29, 0.717) is 18.0 Å². The summed E-state index contributed by atoms with van der Waals surface area (Å²) in [5, 5.41) is 9.32. The van der Waals surface area contributed by atoms with Crippen LogP contribution in [0.3, 0.4) is 0 Å². The third kappa shape index (κ3) is 5.26. The first-order chi connectivity index (χ1) is 24.7. The molecule has 3 nitrogen and oxygen atoms in total. The molecule has 0 aliphatic carbocycles. The zero-order chi connectivity index (χ0) is 33.4. The van der Waals surface area contributed by atoms with Crippen molar-refractivity contribution in [3.63, 3.8) is 0 Å². The molecule has 9 aromatic rings. The molecular formula is C47H34N2O. The Balaban J connectivity index is 1.19. The van der Waals surface area contributed by atoms with Gasteiger partial charge in [0.05, 0.1) is 5.69 Å². The van der Waals surface area contributed by atoms with Crippen LogP contribution in [0.25, 0.3) is 54.2 Å². The summed E-state index contributed by atoms with van der Waals surface area (Å²) in [6, 6.07) is 64.4. The SMILES string of the molecule is Nc1ccc2ccc3ccc(N(c4ccccc4)c4ccc(-c5c6ccccc6cc6ccccc56)cc4)cc3c2c1OCc1ccccc1. The zero-order valence-electron chi connectivity index (χ0n) is 27.5. The Labute approximate surface area is 291 Å². The minimum atomic E-state index is 0.439. The number of hydrogen-bond donors (Lipinski definition) is 1. The first-order valence-corrected chi connectivity index (χ1v) is 17.0. The number of nitrogen functional groups attached to an aromatic ring is 1. The van der Waals surface area contributed by atoms with Crippen LogP contribution < -0.4 is 15.4 Å². The van der Waals surface area contributed by atoms with Crippen molar-refractivity contribution in [2.45, 2.75) is 6.61 Å². The van der Waals surface area contributed by atoms with Crippen LogP contribution in [0.15, 0.2) is 182 Å². The number of nitrogens with two attached hydrogens (primary N) is 1. The minimum absolute atomic E-state index is 0.439. The highest BCUT2D eigenvalue weighted by molar-refractivity contribution is 6.14. The van der Waals surface area contributed by atoms with E-state index in [9.17, 15) is 0 Å². The second kappa shape index (κ2) is 12.5. The van der Waals surface area contributed by atoms with E-state index in [0.717, 1.165) is 44.2 Å². The lowest BCUT2D eigenvalue weighted by Crippen LogP contribution is -2.09. The molecule has 2 N–H and O–H groups in total. The fourth-order valence-electron chi connectivity index (χ4n) is 7.27. The maximum atomic E-state index is 6.62. The average Bonchev–Trinajstić information content (AvgIpc) is 3.17. The smallest absolute Gasteiger partial charge is 0.151 e. The lowest BCUT2D eigenvalue weighted by molar-refractivity contribution is 0.312. The molecular weight excluding hydrogens is 609 g/mol. The minimum Gasteiger partial charge on any atom is -0.486 e. The molecule has 0 amide bonds. The number of ether oxygens (including phenoxy) is 1. The average molecular weight is 643 g/mol. The van der Waals surface area contributed by atoms with E-state index >= 15 is 0 Å². The van der Waals surface area contributed by atoms with E-state index in [1.165, 1.54) is 32.7 Å². The number of fused-ring (bicyclic) bond motifs is 5. The van der Waals surface area contributed by atoms with Crippen molar-refractivity contribution >= 4 is 65.8 Å². The van der Waals surface area contributed by atoms with Crippen LogP contribution >= 0.6 is 0 Å². The van der Waals surface area contributed by atoms with Gasteiger partial charge in [-0.1, -0.05) is 133 Å². The molecule has 0 aromatic heterocycles. The summed E-state index contributed by atoms with van der Waals surface area (Å²) in [6.07, 6.45) is 0. The third-order valence-corrected chi connectivity index (χ3v) is 9.65. The highest BCUT2D eigenvalue weighted by Gasteiger charge is 2.17. The van der Waals surface area contributed by atoms with Crippen LogP contribution in [0.4, 0.5) is 22.7 Å². The predicted molar refractivity (Wildman–Crippen MR) is 212 cm³/mol. The third-order valence-electron chi connectivity index (χ3n) is 9.65. The predicted octanol–water partition coefficient (Wildman–Crippen LogP) is 12.6. The van der Waals surface area contributed by atoms with Gasteiger partial charge < -0.3 is 15.4 Å². The molecule has 0 unspecified atom stereocenters. The van der Waals surface area contributed by atoms with Crippen molar-refractivity contribution in [3.8, 4) is 16.9 Å². The Hall–Kier alpha value is -6.58. The van der Waals surface area contributed by atoms with Gasteiger partial charge in [0.25, 0.3) is 0 Å². The lowest BCUT2D eigenvalue weighted by atomic mass is 9.92. The number of rotatable bonds is 7. The van der Waals surface area contributed by atoms with Gasteiger partial charge in [-0.15, -0.1) is 0 Å². The van der Waals surface area contributed by atoms with Crippen LogP contribution in [0.1, 0.15) is 5.56 Å².